The molecule has 0 aromatic rings. The molecule has 0 radical (unpaired) electrons. The van der Waals surface area contributed by atoms with Crippen molar-refractivity contribution in [2.45, 2.75) is 279 Å². The highest BCUT2D eigenvalue weighted by Crippen LogP contribution is 2.06. The number of carboxylic acid groups (broad SMARTS) is 2. The second-order valence-electron chi connectivity index (χ2n) is 15.6. The van der Waals surface area contributed by atoms with Crippen molar-refractivity contribution in [3.8, 4) is 0 Å². The SMILES string of the molecule is C.C.C.C.C.CC(C)C.CCC(C)CC.CCC(C)CC.CCC(C)CC.CCC(C)CC.CCC(C)CC.CCC(C)CC(=O)O.CCC(C)CC(=O)O. The largest absolute Gasteiger partial charge is 0.481 e. The van der Waals surface area contributed by atoms with Crippen molar-refractivity contribution >= 4 is 11.9 Å². The lowest BCUT2D eigenvalue weighted by atomic mass is 10.1. The smallest absolute Gasteiger partial charge is 0.303 e. The van der Waals surface area contributed by atoms with Crippen LogP contribution in [0.25, 0.3) is 0 Å². The summed E-state index contributed by atoms with van der Waals surface area (Å²) in [6.45, 7) is 48.1. The number of carbonyl (C=O) groups is 2. The van der Waals surface area contributed by atoms with Crippen molar-refractivity contribution in [1.82, 2.24) is 0 Å². The maximum absolute atomic E-state index is 9.97. The van der Waals surface area contributed by atoms with Crippen LogP contribution >= 0.6 is 0 Å². The van der Waals surface area contributed by atoms with Crippen LogP contribution in [0.5, 0.6) is 0 Å². The van der Waals surface area contributed by atoms with Gasteiger partial charge in [0.05, 0.1) is 0 Å². The Labute approximate surface area is 357 Å². The summed E-state index contributed by atoms with van der Waals surface area (Å²) >= 11 is 0. The van der Waals surface area contributed by atoms with Crippen LogP contribution in [0.15, 0.2) is 0 Å². The van der Waals surface area contributed by atoms with Crippen LogP contribution in [0, 0.1) is 47.3 Å². The van der Waals surface area contributed by atoms with E-state index in [4.69, 9.17) is 10.2 Å². The molecule has 0 aromatic heterocycles. The maximum Gasteiger partial charge on any atom is 0.303 e. The average Bonchev–Trinajstić information content (AvgIpc) is 3.10. The molecule has 0 saturated carbocycles. The molecule has 4 heteroatoms. The Bertz CT molecular complexity index is 472. The molecule has 55 heavy (non-hydrogen) atoms. The fourth-order valence-electron chi connectivity index (χ4n) is 2.33. The molecule has 0 aromatic carbocycles. The second kappa shape index (κ2) is 77.5. The third-order valence-electron chi connectivity index (χ3n) is 9.41. The second-order valence-corrected chi connectivity index (χ2v) is 15.6. The van der Waals surface area contributed by atoms with Crippen molar-refractivity contribution in [2.75, 3.05) is 0 Å². The van der Waals surface area contributed by atoms with Gasteiger partial charge in [0.15, 0.2) is 0 Å². The molecule has 0 aliphatic carbocycles. The molecule has 2 N–H and O–H groups in total. The fourth-order valence-corrected chi connectivity index (χ4v) is 2.33. The standard InChI is InChI=1S/2C6H12O2.5C6H14.C4H10.5CH4/c2*1-3-5(2)4-6(7)8;5*1-4-6(3)5-2;1-4(2)3;;;;;/h2*5H,3-4H2,1-2H3,(H,7,8);5*6H,4-5H2,1-3H3;4H,1-3H3;5*1H4. The van der Waals surface area contributed by atoms with E-state index in [1.807, 2.05) is 27.7 Å². The molecule has 0 aliphatic rings. The molecule has 0 fully saturated rings. The Hall–Kier alpha value is -1.06. The molecule has 0 spiro atoms. The number of carboxylic acids is 2. The summed E-state index contributed by atoms with van der Waals surface area (Å²) < 4.78 is 0. The van der Waals surface area contributed by atoms with Crippen molar-refractivity contribution in [3.63, 3.8) is 0 Å². The van der Waals surface area contributed by atoms with E-state index < -0.39 is 11.9 Å². The minimum atomic E-state index is -0.695. The number of hydrogen-bond donors (Lipinski definition) is 2. The Kier molecular flexibility index (Phi) is 127. The summed E-state index contributed by atoms with van der Waals surface area (Å²) in [5.41, 5.74) is 0. The lowest BCUT2D eigenvalue weighted by molar-refractivity contribution is -0.139. The van der Waals surface area contributed by atoms with E-state index in [1.54, 1.807) is 0 Å². The molecule has 0 amide bonds. The van der Waals surface area contributed by atoms with Crippen LogP contribution in [0.1, 0.15) is 279 Å². The van der Waals surface area contributed by atoms with Crippen LogP contribution < -0.4 is 0 Å². The van der Waals surface area contributed by atoms with Gasteiger partial charge in [0.25, 0.3) is 0 Å². The molecular formula is C51H124O4. The van der Waals surface area contributed by atoms with Gasteiger partial charge in [0.1, 0.15) is 0 Å². The highest BCUT2D eigenvalue weighted by molar-refractivity contribution is 5.67. The van der Waals surface area contributed by atoms with Crippen LogP contribution in [-0.4, -0.2) is 22.2 Å². The van der Waals surface area contributed by atoms with Gasteiger partial charge in [-0.25, -0.2) is 0 Å². The monoisotopic (exact) mass is 801 g/mol. The molecule has 4 nitrogen and oxygen atoms in total. The van der Waals surface area contributed by atoms with Gasteiger partial charge < -0.3 is 10.2 Å². The van der Waals surface area contributed by atoms with Gasteiger partial charge in [-0.1, -0.05) is 267 Å². The normalized spacial score (nSPS) is 9.96. The molecule has 0 heterocycles. The highest BCUT2D eigenvalue weighted by Gasteiger charge is 2.03. The minimum Gasteiger partial charge on any atom is -0.481 e. The Morgan fingerprint density at radius 3 is 0.400 bits per heavy atom. The lowest BCUT2D eigenvalue weighted by Gasteiger charge is -2.00. The van der Waals surface area contributed by atoms with E-state index in [0.29, 0.717) is 24.7 Å². The van der Waals surface area contributed by atoms with E-state index in [9.17, 15) is 9.59 Å². The molecule has 0 rings (SSSR count). The van der Waals surface area contributed by atoms with E-state index in [0.717, 1.165) is 48.3 Å². The zero-order valence-corrected chi connectivity index (χ0v) is 39.2. The Balaban J connectivity index is -0.0000000331. The van der Waals surface area contributed by atoms with Gasteiger partial charge in [-0.3, -0.25) is 9.59 Å². The third-order valence-corrected chi connectivity index (χ3v) is 9.41. The van der Waals surface area contributed by atoms with E-state index >= 15 is 0 Å². The molecule has 0 bridgehead atoms. The summed E-state index contributed by atoms with van der Waals surface area (Å²) in [5.74, 6) is 4.77. The van der Waals surface area contributed by atoms with Crippen LogP contribution in [0.4, 0.5) is 0 Å². The minimum absolute atomic E-state index is 0. The summed E-state index contributed by atoms with van der Waals surface area (Å²) in [7, 11) is 0. The number of aliphatic carboxylic acids is 2. The quantitative estimate of drug-likeness (QED) is 0.163. The fraction of sp³-hybridized carbons (Fsp3) is 0.961. The highest BCUT2D eigenvalue weighted by atomic mass is 16.4. The van der Waals surface area contributed by atoms with Crippen LogP contribution in [0.2, 0.25) is 0 Å². The molecule has 2 unspecified atom stereocenters. The topological polar surface area (TPSA) is 74.6 Å². The zero-order valence-electron chi connectivity index (χ0n) is 39.2. The summed E-state index contributed by atoms with van der Waals surface area (Å²) in [4.78, 5) is 19.9. The van der Waals surface area contributed by atoms with Gasteiger partial charge in [0.2, 0.25) is 0 Å². The average molecular weight is 802 g/mol. The van der Waals surface area contributed by atoms with E-state index in [1.165, 1.54) is 64.2 Å². The van der Waals surface area contributed by atoms with Crippen molar-refractivity contribution in [2.24, 2.45) is 47.3 Å². The predicted molar refractivity (Wildman–Crippen MR) is 266 cm³/mol. The zero-order chi connectivity index (χ0) is 41.7. The van der Waals surface area contributed by atoms with Crippen molar-refractivity contribution in [1.29, 1.82) is 0 Å². The van der Waals surface area contributed by atoms with Gasteiger partial charge in [-0.05, 0) is 47.3 Å². The summed E-state index contributed by atoms with van der Waals surface area (Å²) in [6, 6.07) is 0. The molecule has 0 saturated heterocycles. The van der Waals surface area contributed by atoms with Gasteiger partial charge in [0, 0.05) is 12.8 Å². The molecular weight excluding hydrogens is 677 g/mol. The maximum atomic E-state index is 9.97. The summed E-state index contributed by atoms with van der Waals surface area (Å²) in [5, 5.41) is 16.4. The third kappa shape index (κ3) is 144. The summed E-state index contributed by atoms with van der Waals surface area (Å²) in [6.07, 6.45) is 15.8. The first-order valence-electron chi connectivity index (χ1n) is 21.5. The van der Waals surface area contributed by atoms with Gasteiger partial charge >= 0.3 is 11.9 Å². The first-order chi connectivity index (χ1) is 23.1. The van der Waals surface area contributed by atoms with Gasteiger partial charge in [-0.15, -0.1) is 0 Å². The lowest BCUT2D eigenvalue weighted by Crippen LogP contribution is -2.02. The van der Waals surface area contributed by atoms with E-state index in [2.05, 4.69) is 125 Å². The molecule has 2 atom stereocenters. The molecule has 0 aliphatic heterocycles. The predicted octanol–water partition coefficient (Wildman–Crippen LogP) is 20.1. The van der Waals surface area contributed by atoms with Gasteiger partial charge in [-0.2, -0.15) is 0 Å². The molecule has 352 valence electrons. The van der Waals surface area contributed by atoms with Crippen LogP contribution in [-0.2, 0) is 9.59 Å². The van der Waals surface area contributed by atoms with E-state index in [-0.39, 0.29) is 37.1 Å². The van der Waals surface area contributed by atoms with Crippen molar-refractivity contribution < 1.29 is 19.8 Å². The Morgan fingerprint density at radius 2 is 0.382 bits per heavy atom. The number of rotatable bonds is 16. The van der Waals surface area contributed by atoms with Crippen LogP contribution in [0.3, 0.4) is 0 Å². The van der Waals surface area contributed by atoms with Crippen molar-refractivity contribution in [3.05, 3.63) is 0 Å². The Morgan fingerprint density at radius 1 is 0.291 bits per heavy atom. The number of hydrogen-bond acceptors (Lipinski definition) is 2. The first kappa shape index (κ1) is 90.2. The first-order valence-corrected chi connectivity index (χ1v) is 21.5.